The molecule has 114 valence electrons. The molecule has 1 aromatic carbocycles. The summed E-state index contributed by atoms with van der Waals surface area (Å²) in [4.78, 5) is 37.3. The highest BCUT2D eigenvalue weighted by molar-refractivity contribution is 6.13. The van der Waals surface area contributed by atoms with Crippen molar-refractivity contribution in [3.05, 3.63) is 48.0 Å². The number of amides is 3. The number of nitrogens with zero attached hydrogens (tertiary/aromatic N) is 1. The van der Waals surface area contributed by atoms with E-state index in [-0.39, 0.29) is 29.7 Å². The Balaban J connectivity index is 1.64. The summed E-state index contributed by atoms with van der Waals surface area (Å²) in [6.45, 7) is 0.461. The van der Waals surface area contributed by atoms with Gasteiger partial charge in [0, 0.05) is 18.7 Å². The predicted octanol–water partition coefficient (Wildman–Crippen LogP) is 1.40. The quantitative estimate of drug-likeness (QED) is 0.854. The average molecular weight is 298 g/mol. The maximum atomic E-state index is 12.4. The molecule has 0 aromatic heterocycles. The van der Waals surface area contributed by atoms with Crippen LogP contribution < -0.4 is 5.32 Å². The molecule has 0 bridgehead atoms. The molecule has 3 amide bonds. The smallest absolute Gasteiger partial charge is 0.253 e. The first-order valence-corrected chi connectivity index (χ1v) is 7.53. The summed E-state index contributed by atoms with van der Waals surface area (Å²) in [5.74, 6) is -1.01. The Morgan fingerprint density at radius 1 is 1.09 bits per heavy atom. The molecule has 1 aromatic rings. The second kappa shape index (κ2) is 6.13. The molecule has 0 radical (unpaired) electrons. The highest BCUT2D eigenvalue weighted by Crippen LogP contribution is 2.32. The third-order valence-electron chi connectivity index (χ3n) is 4.30. The summed E-state index contributed by atoms with van der Waals surface area (Å²) in [7, 11) is 0. The first-order chi connectivity index (χ1) is 10.7. The molecule has 1 aliphatic carbocycles. The zero-order valence-corrected chi connectivity index (χ0v) is 12.2. The molecule has 2 atom stereocenters. The number of hydrogen-bond acceptors (Lipinski definition) is 3. The molecule has 0 unspecified atom stereocenters. The number of rotatable bonds is 4. The van der Waals surface area contributed by atoms with Gasteiger partial charge in [-0.2, -0.15) is 0 Å². The molecule has 5 heteroatoms. The maximum Gasteiger partial charge on any atom is 0.253 e. The van der Waals surface area contributed by atoms with Crippen LogP contribution in [0.15, 0.2) is 42.5 Å². The fraction of sp³-hybridized carbons (Fsp3) is 0.353. The topological polar surface area (TPSA) is 66.5 Å². The molecule has 5 nitrogen and oxygen atoms in total. The van der Waals surface area contributed by atoms with Gasteiger partial charge in [0.1, 0.15) is 0 Å². The van der Waals surface area contributed by atoms with E-state index in [1.165, 1.54) is 17.1 Å². The number of carbonyl (C=O) groups is 3. The number of nitrogens with one attached hydrogen (secondary N) is 1. The van der Waals surface area contributed by atoms with Gasteiger partial charge in [-0.15, -0.1) is 0 Å². The van der Waals surface area contributed by atoms with E-state index in [0.717, 1.165) is 12.0 Å². The van der Waals surface area contributed by atoms with Crippen molar-refractivity contribution < 1.29 is 14.4 Å². The highest BCUT2D eigenvalue weighted by Gasteiger charge is 2.42. The Morgan fingerprint density at radius 2 is 1.77 bits per heavy atom. The zero-order valence-electron chi connectivity index (χ0n) is 12.2. The Hall–Kier alpha value is -2.43. The van der Waals surface area contributed by atoms with Gasteiger partial charge in [0.05, 0.1) is 12.0 Å². The zero-order chi connectivity index (χ0) is 15.5. The highest BCUT2D eigenvalue weighted by atomic mass is 16.2. The van der Waals surface area contributed by atoms with Crippen LogP contribution >= 0.6 is 0 Å². The Morgan fingerprint density at radius 3 is 2.45 bits per heavy atom. The largest absolute Gasteiger partial charge is 0.352 e. The SMILES string of the molecule is O=C(NCc1ccccc1)[C@H]1CCC[C@@H]1N1C(=O)C=CC1=O. The van der Waals surface area contributed by atoms with Gasteiger partial charge in [0.15, 0.2) is 0 Å². The number of benzene rings is 1. The van der Waals surface area contributed by atoms with Gasteiger partial charge in [-0.25, -0.2) is 0 Å². The van der Waals surface area contributed by atoms with Crippen LogP contribution in [-0.2, 0) is 20.9 Å². The number of carbonyl (C=O) groups excluding carboxylic acids is 3. The van der Waals surface area contributed by atoms with Crippen molar-refractivity contribution in [2.24, 2.45) is 5.92 Å². The lowest BCUT2D eigenvalue weighted by Gasteiger charge is -2.27. The van der Waals surface area contributed by atoms with Crippen LogP contribution in [0.25, 0.3) is 0 Å². The van der Waals surface area contributed by atoms with Crippen molar-refractivity contribution in [1.82, 2.24) is 10.2 Å². The minimum absolute atomic E-state index is 0.0844. The number of imide groups is 1. The van der Waals surface area contributed by atoms with E-state index < -0.39 is 0 Å². The van der Waals surface area contributed by atoms with Crippen molar-refractivity contribution >= 4 is 17.7 Å². The van der Waals surface area contributed by atoms with E-state index in [0.29, 0.717) is 19.4 Å². The Kier molecular flexibility index (Phi) is 4.04. The van der Waals surface area contributed by atoms with Crippen LogP contribution in [0.5, 0.6) is 0 Å². The summed E-state index contributed by atoms with van der Waals surface area (Å²) in [6, 6.07) is 9.36. The van der Waals surface area contributed by atoms with Crippen molar-refractivity contribution in [2.75, 3.05) is 0 Å². The lowest BCUT2D eigenvalue weighted by molar-refractivity contribution is -0.141. The molecule has 2 aliphatic rings. The molecule has 1 aliphatic heterocycles. The molecular weight excluding hydrogens is 280 g/mol. The van der Waals surface area contributed by atoms with Gasteiger partial charge in [-0.3, -0.25) is 19.3 Å². The normalized spacial score (nSPS) is 24.1. The van der Waals surface area contributed by atoms with Crippen molar-refractivity contribution in [3.63, 3.8) is 0 Å². The van der Waals surface area contributed by atoms with Crippen LogP contribution in [0.4, 0.5) is 0 Å². The summed E-state index contributed by atoms with van der Waals surface area (Å²) in [6.07, 6.45) is 4.81. The van der Waals surface area contributed by atoms with Crippen LogP contribution in [0.1, 0.15) is 24.8 Å². The minimum atomic E-state index is -0.314. The van der Waals surface area contributed by atoms with Gasteiger partial charge in [0.2, 0.25) is 5.91 Å². The Labute approximate surface area is 129 Å². The summed E-state index contributed by atoms with van der Waals surface area (Å²) < 4.78 is 0. The molecule has 0 saturated heterocycles. The second-order valence-electron chi connectivity index (χ2n) is 5.69. The van der Waals surface area contributed by atoms with Crippen molar-refractivity contribution in [2.45, 2.75) is 31.8 Å². The maximum absolute atomic E-state index is 12.4. The molecular formula is C17H18N2O3. The first-order valence-electron chi connectivity index (χ1n) is 7.53. The molecule has 1 fully saturated rings. The van der Waals surface area contributed by atoms with Crippen molar-refractivity contribution in [1.29, 1.82) is 0 Å². The molecule has 22 heavy (non-hydrogen) atoms. The van der Waals surface area contributed by atoms with Gasteiger partial charge < -0.3 is 5.32 Å². The third kappa shape index (κ3) is 2.79. The van der Waals surface area contributed by atoms with Crippen molar-refractivity contribution in [3.8, 4) is 0 Å². The third-order valence-corrected chi connectivity index (χ3v) is 4.30. The van der Waals surface area contributed by atoms with E-state index >= 15 is 0 Å². The molecule has 1 heterocycles. The van der Waals surface area contributed by atoms with Crippen LogP contribution in [0.2, 0.25) is 0 Å². The van der Waals surface area contributed by atoms with E-state index in [4.69, 9.17) is 0 Å². The van der Waals surface area contributed by atoms with E-state index in [9.17, 15) is 14.4 Å². The van der Waals surface area contributed by atoms with Gasteiger partial charge in [-0.05, 0) is 18.4 Å². The van der Waals surface area contributed by atoms with Crippen LogP contribution in [0, 0.1) is 5.92 Å². The second-order valence-corrected chi connectivity index (χ2v) is 5.69. The monoisotopic (exact) mass is 298 g/mol. The van der Waals surface area contributed by atoms with Gasteiger partial charge >= 0.3 is 0 Å². The fourth-order valence-electron chi connectivity index (χ4n) is 3.21. The average Bonchev–Trinajstić information content (AvgIpc) is 3.12. The van der Waals surface area contributed by atoms with Gasteiger partial charge in [0.25, 0.3) is 11.8 Å². The Bertz CT molecular complexity index is 606. The van der Waals surface area contributed by atoms with E-state index in [2.05, 4.69) is 5.32 Å². The summed E-state index contributed by atoms with van der Waals surface area (Å²) in [5, 5.41) is 2.92. The summed E-state index contributed by atoms with van der Waals surface area (Å²) in [5.41, 5.74) is 1.03. The summed E-state index contributed by atoms with van der Waals surface area (Å²) >= 11 is 0. The fourth-order valence-corrected chi connectivity index (χ4v) is 3.21. The standard InChI is InChI=1S/C17H18N2O3/c20-15-9-10-16(21)19(15)14-8-4-7-13(14)17(22)18-11-12-5-2-1-3-6-12/h1-3,5-6,9-10,13-14H,4,7-8,11H2,(H,18,22)/t13-,14-/m0/s1. The predicted molar refractivity (Wildman–Crippen MR) is 80.4 cm³/mol. The first kappa shape index (κ1) is 14.5. The lowest BCUT2D eigenvalue weighted by atomic mass is 10.0. The van der Waals surface area contributed by atoms with Crippen LogP contribution in [-0.4, -0.2) is 28.7 Å². The van der Waals surface area contributed by atoms with Gasteiger partial charge in [-0.1, -0.05) is 36.8 Å². The molecule has 1 N–H and O–H groups in total. The van der Waals surface area contributed by atoms with E-state index in [1.807, 2.05) is 30.3 Å². The number of hydrogen-bond donors (Lipinski definition) is 1. The van der Waals surface area contributed by atoms with E-state index in [1.54, 1.807) is 0 Å². The molecule has 0 spiro atoms. The lowest BCUT2D eigenvalue weighted by Crippen LogP contribution is -2.46. The molecule has 3 rings (SSSR count). The minimum Gasteiger partial charge on any atom is -0.352 e. The molecule has 1 saturated carbocycles. The van der Waals surface area contributed by atoms with Crippen LogP contribution in [0.3, 0.4) is 0 Å².